The number of amides is 1. The third kappa shape index (κ3) is 1.68. The highest BCUT2D eigenvalue weighted by Crippen LogP contribution is 2.01. The normalized spacial score (nSPS) is 33.7. The van der Waals surface area contributed by atoms with Crippen molar-refractivity contribution in [1.29, 1.82) is 0 Å². The monoisotopic (exact) mass is 144 g/mol. The lowest BCUT2D eigenvalue weighted by Crippen LogP contribution is -2.49. The number of nitrogens with two attached hydrogens (primary N) is 1. The second-order valence-electron chi connectivity index (χ2n) is 2.50. The molecule has 1 fully saturated rings. The van der Waals surface area contributed by atoms with E-state index in [-0.39, 0.29) is 12.0 Å². The fourth-order valence-corrected chi connectivity index (χ4v) is 0.962. The van der Waals surface area contributed by atoms with Gasteiger partial charge in [0.2, 0.25) is 5.91 Å². The van der Waals surface area contributed by atoms with Crippen LogP contribution in [0.2, 0.25) is 0 Å². The first kappa shape index (κ1) is 7.50. The van der Waals surface area contributed by atoms with E-state index in [1.54, 1.807) is 0 Å². The quantitative estimate of drug-likeness (QED) is 0.488. The molecule has 0 saturated carbocycles. The van der Waals surface area contributed by atoms with Crippen LogP contribution in [0.4, 0.5) is 0 Å². The summed E-state index contributed by atoms with van der Waals surface area (Å²) in [6.07, 6.45) is -0.352. The molecule has 0 aromatic rings. The van der Waals surface area contributed by atoms with Gasteiger partial charge in [-0.05, 0) is 6.92 Å². The van der Waals surface area contributed by atoms with Gasteiger partial charge in [-0.2, -0.15) is 0 Å². The molecule has 0 aromatic carbocycles. The van der Waals surface area contributed by atoms with E-state index in [2.05, 4.69) is 5.32 Å². The Morgan fingerprint density at radius 2 is 2.40 bits per heavy atom. The summed E-state index contributed by atoms with van der Waals surface area (Å²) in [5, 5.41) is 3.04. The Morgan fingerprint density at radius 1 is 1.70 bits per heavy atom. The minimum Gasteiger partial charge on any atom is -0.367 e. The number of nitrogens with one attached hydrogen (secondary N) is 1. The van der Waals surface area contributed by atoms with Gasteiger partial charge in [0.15, 0.2) is 0 Å². The Balaban J connectivity index is 2.39. The van der Waals surface area contributed by atoms with E-state index in [4.69, 9.17) is 10.5 Å². The smallest absolute Gasteiger partial charge is 0.247 e. The van der Waals surface area contributed by atoms with Crippen LogP contribution in [0.1, 0.15) is 6.92 Å². The van der Waals surface area contributed by atoms with Gasteiger partial charge in [-0.25, -0.2) is 0 Å². The van der Waals surface area contributed by atoms with E-state index in [1.165, 1.54) is 0 Å². The van der Waals surface area contributed by atoms with E-state index < -0.39 is 6.10 Å². The lowest BCUT2D eigenvalue weighted by Gasteiger charge is -2.26. The van der Waals surface area contributed by atoms with E-state index >= 15 is 0 Å². The number of ether oxygens (including phenoxy) is 1. The number of carbonyl (C=O) groups is 1. The molecule has 0 unspecified atom stereocenters. The van der Waals surface area contributed by atoms with Crippen molar-refractivity contribution in [2.75, 3.05) is 13.1 Å². The summed E-state index contributed by atoms with van der Waals surface area (Å²) in [6, 6.07) is 0. The summed E-state index contributed by atoms with van der Waals surface area (Å²) in [5.74, 6) is -0.390. The molecule has 0 aliphatic carbocycles. The van der Waals surface area contributed by atoms with E-state index in [0.717, 1.165) is 6.54 Å². The molecule has 0 bridgehead atoms. The number of carbonyl (C=O) groups excluding carboxylic acids is 1. The van der Waals surface area contributed by atoms with E-state index in [0.29, 0.717) is 6.54 Å². The highest BCUT2D eigenvalue weighted by Gasteiger charge is 2.22. The third-order valence-corrected chi connectivity index (χ3v) is 1.48. The minimum absolute atomic E-state index is 0.0891. The van der Waals surface area contributed by atoms with Gasteiger partial charge in [-0.3, -0.25) is 4.79 Å². The van der Waals surface area contributed by atoms with Crippen molar-refractivity contribution in [3.8, 4) is 0 Å². The maximum atomic E-state index is 10.6. The van der Waals surface area contributed by atoms with Crippen LogP contribution in [-0.4, -0.2) is 31.2 Å². The standard InChI is InChI=1S/C6H12N2O2/c1-4-2-8-3-5(10-4)6(7)9/h4-5,8H,2-3H2,1H3,(H2,7,9)/t4-,5+/m1/s1. The Bertz CT molecular complexity index is 138. The second kappa shape index (κ2) is 2.98. The molecule has 0 aromatic heterocycles. The zero-order chi connectivity index (χ0) is 7.56. The molecule has 1 heterocycles. The highest BCUT2D eigenvalue weighted by molar-refractivity contribution is 5.79. The lowest BCUT2D eigenvalue weighted by molar-refractivity contribution is -0.135. The number of rotatable bonds is 1. The summed E-state index contributed by atoms with van der Waals surface area (Å²) in [4.78, 5) is 10.6. The first-order valence-corrected chi connectivity index (χ1v) is 3.35. The number of primary amides is 1. The fraction of sp³-hybridized carbons (Fsp3) is 0.833. The van der Waals surface area contributed by atoms with Crippen LogP contribution in [0.15, 0.2) is 0 Å². The van der Waals surface area contributed by atoms with Gasteiger partial charge >= 0.3 is 0 Å². The van der Waals surface area contributed by atoms with Crippen molar-refractivity contribution >= 4 is 5.91 Å². The van der Waals surface area contributed by atoms with Crippen molar-refractivity contribution < 1.29 is 9.53 Å². The molecule has 1 aliphatic heterocycles. The molecule has 0 spiro atoms. The van der Waals surface area contributed by atoms with Gasteiger partial charge in [0.05, 0.1) is 6.10 Å². The first-order chi connectivity index (χ1) is 4.70. The minimum atomic E-state index is -0.441. The van der Waals surface area contributed by atoms with Crippen molar-refractivity contribution in [2.24, 2.45) is 5.73 Å². The van der Waals surface area contributed by atoms with Gasteiger partial charge in [0, 0.05) is 13.1 Å². The number of morpholine rings is 1. The SMILES string of the molecule is C[C@@H]1CNC[C@@H](C(N)=O)O1. The molecule has 1 saturated heterocycles. The number of hydrogen-bond acceptors (Lipinski definition) is 3. The summed E-state index contributed by atoms with van der Waals surface area (Å²) in [5.41, 5.74) is 5.03. The molecule has 1 amide bonds. The average Bonchev–Trinajstić information content (AvgIpc) is 1.88. The second-order valence-corrected chi connectivity index (χ2v) is 2.50. The van der Waals surface area contributed by atoms with Gasteiger partial charge in [0.1, 0.15) is 6.10 Å². The molecule has 3 N–H and O–H groups in total. The molecule has 4 nitrogen and oxygen atoms in total. The molecule has 4 heteroatoms. The maximum absolute atomic E-state index is 10.6. The van der Waals surface area contributed by atoms with Crippen molar-refractivity contribution in [3.05, 3.63) is 0 Å². The Labute approximate surface area is 59.7 Å². The Hall–Kier alpha value is -0.610. The zero-order valence-corrected chi connectivity index (χ0v) is 5.96. The summed E-state index contributed by atoms with van der Waals surface area (Å²) >= 11 is 0. The molecule has 2 atom stereocenters. The van der Waals surface area contributed by atoms with Crippen LogP contribution in [-0.2, 0) is 9.53 Å². The van der Waals surface area contributed by atoms with Crippen molar-refractivity contribution in [3.63, 3.8) is 0 Å². The van der Waals surface area contributed by atoms with Gasteiger partial charge < -0.3 is 15.8 Å². The fourth-order valence-electron chi connectivity index (χ4n) is 0.962. The van der Waals surface area contributed by atoms with Gasteiger partial charge in [-0.1, -0.05) is 0 Å². The van der Waals surface area contributed by atoms with Crippen LogP contribution in [0, 0.1) is 0 Å². The van der Waals surface area contributed by atoms with Crippen LogP contribution in [0.5, 0.6) is 0 Å². The average molecular weight is 144 g/mol. The third-order valence-electron chi connectivity index (χ3n) is 1.48. The molecule has 10 heavy (non-hydrogen) atoms. The van der Waals surface area contributed by atoms with Crippen LogP contribution in [0.3, 0.4) is 0 Å². The predicted octanol–water partition coefficient (Wildman–Crippen LogP) is -1.15. The first-order valence-electron chi connectivity index (χ1n) is 3.35. The van der Waals surface area contributed by atoms with Gasteiger partial charge in [-0.15, -0.1) is 0 Å². The summed E-state index contributed by atoms with van der Waals surface area (Å²) in [7, 11) is 0. The van der Waals surface area contributed by atoms with Crippen molar-refractivity contribution in [1.82, 2.24) is 5.32 Å². The molecule has 1 rings (SSSR count). The topological polar surface area (TPSA) is 64.3 Å². The molecular weight excluding hydrogens is 132 g/mol. The van der Waals surface area contributed by atoms with E-state index in [1.807, 2.05) is 6.92 Å². The number of hydrogen-bond donors (Lipinski definition) is 2. The summed E-state index contributed by atoms with van der Waals surface area (Å²) in [6.45, 7) is 3.24. The van der Waals surface area contributed by atoms with Crippen LogP contribution >= 0.6 is 0 Å². The largest absolute Gasteiger partial charge is 0.367 e. The molecule has 1 aliphatic rings. The van der Waals surface area contributed by atoms with E-state index in [9.17, 15) is 4.79 Å². The van der Waals surface area contributed by atoms with Crippen LogP contribution < -0.4 is 11.1 Å². The van der Waals surface area contributed by atoms with Crippen LogP contribution in [0.25, 0.3) is 0 Å². The Morgan fingerprint density at radius 3 is 2.80 bits per heavy atom. The van der Waals surface area contributed by atoms with Crippen molar-refractivity contribution in [2.45, 2.75) is 19.1 Å². The molecular formula is C6H12N2O2. The Kier molecular flexibility index (Phi) is 2.24. The predicted molar refractivity (Wildman–Crippen MR) is 36.4 cm³/mol. The summed E-state index contributed by atoms with van der Waals surface area (Å²) < 4.78 is 5.21. The zero-order valence-electron chi connectivity index (χ0n) is 5.96. The van der Waals surface area contributed by atoms with Gasteiger partial charge in [0.25, 0.3) is 0 Å². The molecule has 0 radical (unpaired) electrons. The highest BCUT2D eigenvalue weighted by atomic mass is 16.5. The maximum Gasteiger partial charge on any atom is 0.247 e. The molecule has 58 valence electrons. The lowest BCUT2D eigenvalue weighted by atomic mass is 10.2.